The predicted molar refractivity (Wildman–Crippen MR) is 111 cm³/mol. The van der Waals surface area contributed by atoms with Crippen LogP contribution in [-0.2, 0) is 17.1 Å². The number of likely N-dealkylation sites (tertiary alicyclic amines) is 1. The first-order valence-electron chi connectivity index (χ1n) is 9.51. The van der Waals surface area contributed by atoms with Crippen LogP contribution < -0.4 is 4.72 Å². The van der Waals surface area contributed by atoms with E-state index in [9.17, 15) is 13.2 Å². The first-order chi connectivity index (χ1) is 13.0. The molecule has 9 heteroatoms. The quantitative estimate of drug-likeness (QED) is 0.772. The highest BCUT2D eigenvalue weighted by Gasteiger charge is 2.28. The molecule has 2 aromatic rings. The monoisotopic (exact) mass is 424 g/mol. The van der Waals surface area contributed by atoms with E-state index in [2.05, 4.69) is 9.71 Å². The Balaban J connectivity index is 1.91. The van der Waals surface area contributed by atoms with E-state index in [1.165, 1.54) is 11.3 Å². The van der Waals surface area contributed by atoms with E-state index >= 15 is 0 Å². The average molecular weight is 425 g/mol. The molecule has 3 heterocycles. The lowest BCUT2D eigenvalue weighted by atomic mass is 10.0. The Labute approximate surface area is 170 Å². The summed E-state index contributed by atoms with van der Waals surface area (Å²) in [6, 6.07) is 1.62. The van der Waals surface area contributed by atoms with Crippen LogP contribution >= 0.6 is 11.3 Å². The number of hydrogen-bond donors (Lipinski definition) is 1. The van der Waals surface area contributed by atoms with Crippen LogP contribution in [0.1, 0.15) is 55.4 Å². The highest BCUT2D eigenvalue weighted by molar-refractivity contribution is 7.89. The number of carbonyl (C=O) groups is 1. The van der Waals surface area contributed by atoms with E-state index in [4.69, 9.17) is 0 Å². The van der Waals surface area contributed by atoms with Gasteiger partial charge in [0.1, 0.15) is 14.8 Å². The molecule has 1 saturated heterocycles. The zero-order valence-corrected chi connectivity index (χ0v) is 18.7. The first kappa shape index (κ1) is 21.0. The van der Waals surface area contributed by atoms with Gasteiger partial charge in [0.15, 0.2) is 0 Å². The molecular formula is C19H28N4O3S2. The van der Waals surface area contributed by atoms with Crippen molar-refractivity contribution in [2.24, 2.45) is 7.05 Å². The minimum absolute atomic E-state index is 0.0205. The smallest absolute Gasteiger partial charge is 0.265 e. The Kier molecular flexibility index (Phi) is 5.71. The number of nitrogens with one attached hydrogen (secondary N) is 1. The number of aryl methyl sites for hydroxylation is 2. The fraction of sp³-hybridized carbons (Fsp3) is 0.579. The molecule has 2 aromatic heterocycles. The molecule has 0 atom stereocenters. The second-order valence-corrected chi connectivity index (χ2v) is 10.6. The van der Waals surface area contributed by atoms with Crippen molar-refractivity contribution in [2.45, 2.75) is 57.4 Å². The minimum atomic E-state index is -3.64. The van der Waals surface area contributed by atoms with Gasteiger partial charge in [0, 0.05) is 31.9 Å². The summed E-state index contributed by atoms with van der Waals surface area (Å²) in [5, 5.41) is 0.652. The highest BCUT2D eigenvalue weighted by Crippen LogP contribution is 2.31. The summed E-state index contributed by atoms with van der Waals surface area (Å²) in [7, 11) is -1.85. The minimum Gasteiger partial charge on any atom is -0.347 e. The van der Waals surface area contributed by atoms with Crippen molar-refractivity contribution in [3.63, 3.8) is 0 Å². The van der Waals surface area contributed by atoms with Gasteiger partial charge in [0.2, 0.25) is 10.0 Å². The summed E-state index contributed by atoms with van der Waals surface area (Å²) in [6.07, 6.45) is 4.34. The van der Waals surface area contributed by atoms with Crippen molar-refractivity contribution in [1.29, 1.82) is 0 Å². The number of nitrogens with zero attached hydrogens (tertiary/aromatic N) is 3. The SMILES string of the molecule is CCC(C)(C)NS(=O)(=O)c1cc(-c2nc(C)c(C(=O)N3CCCC3)s2)n(C)c1. The number of carbonyl (C=O) groups excluding carboxylic acids is 1. The number of sulfonamides is 1. The number of thiazole rings is 1. The van der Waals surface area contributed by atoms with Gasteiger partial charge < -0.3 is 9.47 Å². The van der Waals surface area contributed by atoms with Crippen molar-refractivity contribution in [3.05, 3.63) is 22.8 Å². The first-order valence-corrected chi connectivity index (χ1v) is 11.8. The van der Waals surface area contributed by atoms with Gasteiger partial charge in [0.05, 0.1) is 11.4 Å². The van der Waals surface area contributed by atoms with Gasteiger partial charge in [-0.15, -0.1) is 11.3 Å². The van der Waals surface area contributed by atoms with Gasteiger partial charge in [0.25, 0.3) is 5.91 Å². The van der Waals surface area contributed by atoms with E-state index in [-0.39, 0.29) is 10.8 Å². The molecule has 0 aliphatic carbocycles. The van der Waals surface area contributed by atoms with Gasteiger partial charge >= 0.3 is 0 Å². The maximum atomic E-state index is 12.8. The van der Waals surface area contributed by atoms with Crippen molar-refractivity contribution in [3.8, 4) is 10.7 Å². The number of amides is 1. The number of hydrogen-bond acceptors (Lipinski definition) is 5. The van der Waals surface area contributed by atoms with Gasteiger partial charge in [-0.05, 0) is 46.1 Å². The standard InChI is InChI=1S/C19H28N4O3S2/c1-6-19(3,4)21-28(25,26)14-11-15(22(5)12-14)17-20-13(2)16(27-17)18(24)23-9-7-8-10-23/h11-12,21H,6-10H2,1-5H3. The molecular weight excluding hydrogens is 396 g/mol. The van der Waals surface area contributed by atoms with Gasteiger partial charge in [-0.1, -0.05) is 6.92 Å². The summed E-state index contributed by atoms with van der Waals surface area (Å²) in [4.78, 5) is 20.0. The Bertz CT molecular complexity index is 983. The van der Waals surface area contributed by atoms with Crippen LogP contribution in [-0.4, -0.2) is 47.4 Å². The Morgan fingerprint density at radius 3 is 2.57 bits per heavy atom. The van der Waals surface area contributed by atoms with Crippen molar-refractivity contribution in [1.82, 2.24) is 19.2 Å². The normalized spacial score (nSPS) is 15.4. The maximum Gasteiger partial charge on any atom is 0.265 e. The summed E-state index contributed by atoms with van der Waals surface area (Å²) in [5.74, 6) is 0.0205. The second kappa shape index (κ2) is 7.61. The summed E-state index contributed by atoms with van der Waals surface area (Å²) in [6.45, 7) is 9.06. The lowest BCUT2D eigenvalue weighted by molar-refractivity contribution is 0.0796. The third kappa shape index (κ3) is 4.16. The molecule has 1 N–H and O–H groups in total. The topological polar surface area (TPSA) is 84.3 Å². The van der Waals surface area contributed by atoms with Crippen LogP contribution in [0.2, 0.25) is 0 Å². The van der Waals surface area contributed by atoms with E-state index in [1.54, 1.807) is 23.9 Å². The fourth-order valence-electron chi connectivity index (χ4n) is 3.16. The van der Waals surface area contributed by atoms with E-state index in [0.717, 1.165) is 25.9 Å². The molecule has 0 bridgehead atoms. The lowest BCUT2D eigenvalue weighted by Gasteiger charge is -2.23. The van der Waals surface area contributed by atoms with Crippen LogP contribution in [0.3, 0.4) is 0 Å². The lowest BCUT2D eigenvalue weighted by Crippen LogP contribution is -2.42. The summed E-state index contributed by atoms with van der Waals surface area (Å²) < 4.78 is 30.0. The largest absolute Gasteiger partial charge is 0.347 e. The summed E-state index contributed by atoms with van der Waals surface area (Å²) in [5.41, 5.74) is 0.845. The molecule has 3 rings (SSSR count). The molecule has 154 valence electrons. The zero-order valence-electron chi connectivity index (χ0n) is 17.1. The Morgan fingerprint density at radius 2 is 1.96 bits per heavy atom. The summed E-state index contributed by atoms with van der Waals surface area (Å²) >= 11 is 1.32. The van der Waals surface area contributed by atoms with Crippen molar-refractivity contribution >= 4 is 27.3 Å². The molecule has 0 saturated carbocycles. The van der Waals surface area contributed by atoms with Gasteiger partial charge in [-0.25, -0.2) is 18.1 Å². The second-order valence-electron chi connectivity index (χ2n) is 7.95. The molecule has 1 aliphatic rings. The van der Waals surface area contributed by atoms with E-state index < -0.39 is 15.6 Å². The van der Waals surface area contributed by atoms with Crippen LogP contribution in [0.25, 0.3) is 10.7 Å². The Hall–Kier alpha value is -1.71. The molecule has 7 nitrogen and oxygen atoms in total. The molecule has 0 aromatic carbocycles. The predicted octanol–water partition coefficient (Wildman–Crippen LogP) is 3.16. The van der Waals surface area contributed by atoms with Crippen LogP contribution in [0.15, 0.2) is 17.2 Å². The highest BCUT2D eigenvalue weighted by atomic mass is 32.2. The molecule has 1 aliphatic heterocycles. The molecule has 0 spiro atoms. The average Bonchev–Trinajstić information content (AvgIpc) is 3.33. The van der Waals surface area contributed by atoms with Gasteiger partial charge in [-0.3, -0.25) is 4.79 Å². The molecule has 0 unspecified atom stereocenters. The van der Waals surface area contributed by atoms with Crippen molar-refractivity contribution < 1.29 is 13.2 Å². The van der Waals surface area contributed by atoms with Crippen LogP contribution in [0, 0.1) is 6.92 Å². The van der Waals surface area contributed by atoms with Crippen molar-refractivity contribution in [2.75, 3.05) is 13.1 Å². The molecule has 1 amide bonds. The fourth-order valence-corrected chi connectivity index (χ4v) is 5.80. The van der Waals surface area contributed by atoms with Gasteiger partial charge in [-0.2, -0.15) is 0 Å². The number of aromatic nitrogens is 2. The molecule has 28 heavy (non-hydrogen) atoms. The zero-order chi connectivity index (χ0) is 20.7. The Morgan fingerprint density at radius 1 is 1.32 bits per heavy atom. The molecule has 0 radical (unpaired) electrons. The third-order valence-electron chi connectivity index (χ3n) is 5.19. The maximum absolute atomic E-state index is 12.8. The van der Waals surface area contributed by atoms with Crippen LogP contribution in [0.4, 0.5) is 0 Å². The number of rotatable bonds is 6. The van der Waals surface area contributed by atoms with E-state index in [0.29, 0.717) is 27.7 Å². The third-order valence-corrected chi connectivity index (χ3v) is 8.02. The van der Waals surface area contributed by atoms with Crippen LogP contribution in [0.5, 0.6) is 0 Å². The van der Waals surface area contributed by atoms with E-state index in [1.807, 2.05) is 32.6 Å². The molecule has 1 fully saturated rings.